The molecule has 0 radical (unpaired) electrons. The number of rotatable bonds is 3. The maximum absolute atomic E-state index is 6.03. The van der Waals surface area contributed by atoms with E-state index in [9.17, 15) is 0 Å². The fraction of sp³-hybridized carbons (Fsp3) is 0.714. The lowest BCUT2D eigenvalue weighted by molar-refractivity contribution is -0.0459. The minimum Gasteiger partial charge on any atom is -0.367 e. The minimum atomic E-state index is -0.200. The van der Waals surface area contributed by atoms with Gasteiger partial charge < -0.3 is 10.1 Å². The first kappa shape index (κ1) is 12.1. The normalized spacial score (nSPS) is 21.8. The summed E-state index contributed by atoms with van der Waals surface area (Å²) in [7, 11) is 0. The molecule has 0 amide bonds. The van der Waals surface area contributed by atoms with Crippen LogP contribution in [0, 0.1) is 0 Å². The molecular weight excluding hydrogens is 226 g/mol. The van der Waals surface area contributed by atoms with Gasteiger partial charge in [0, 0.05) is 43.6 Å². The van der Waals surface area contributed by atoms with Crippen LogP contribution in [0.3, 0.4) is 0 Å². The van der Waals surface area contributed by atoms with E-state index >= 15 is 0 Å². The predicted octanol–water partition coefficient (Wildman–Crippen LogP) is 1.93. The number of nitrogens with zero attached hydrogens (tertiary/aromatic N) is 2. The highest BCUT2D eigenvalue weighted by atomic mass is 16.5. The summed E-state index contributed by atoms with van der Waals surface area (Å²) in [6, 6.07) is 0. The molecule has 1 N–H and O–H groups in total. The van der Waals surface area contributed by atoms with E-state index in [1.165, 1.54) is 24.1 Å². The van der Waals surface area contributed by atoms with E-state index in [0.717, 1.165) is 44.8 Å². The Bertz CT molecular complexity index is 427. The summed E-state index contributed by atoms with van der Waals surface area (Å²) in [5.74, 6) is 0.919. The molecule has 0 unspecified atom stereocenters. The largest absolute Gasteiger partial charge is 0.367 e. The van der Waals surface area contributed by atoms with Gasteiger partial charge in [0.2, 0.25) is 0 Å². The number of hydrogen-bond acceptors (Lipinski definition) is 4. The van der Waals surface area contributed by atoms with Gasteiger partial charge in [-0.15, -0.1) is 0 Å². The number of ether oxygens (including phenoxy) is 1. The zero-order valence-electron chi connectivity index (χ0n) is 11.0. The fourth-order valence-electron chi connectivity index (χ4n) is 3.11. The van der Waals surface area contributed by atoms with Gasteiger partial charge in [-0.3, -0.25) is 0 Å². The van der Waals surface area contributed by atoms with E-state index in [2.05, 4.69) is 17.2 Å². The van der Waals surface area contributed by atoms with E-state index < -0.39 is 0 Å². The van der Waals surface area contributed by atoms with Crippen molar-refractivity contribution in [2.75, 3.05) is 13.2 Å². The third kappa shape index (κ3) is 2.04. The summed E-state index contributed by atoms with van der Waals surface area (Å²) in [4.78, 5) is 9.40. The van der Waals surface area contributed by atoms with Gasteiger partial charge in [0.25, 0.3) is 0 Å². The molecule has 4 heteroatoms. The molecule has 1 aliphatic heterocycles. The Morgan fingerprint density at radius 3 is 3.00 bits per heavy atom. The van der Waals surface area contributed by atoms with Crippen LogP contribution in [0.1, 0.15) is 49.7 Å². The van der Waals surface area contributed by atoms with Crippen LogP contribution in [0.4, 0.5) is 0 Å². The molecule has 0 atom stereocenters. The summed E-state index contributed by atoms with van der Waals surface area (Å²) in [5.41, 5.74) is 2.26. The Labute approximate surface area is 108 Å². The lowest BCUT2D eigenvalue weighted by atomic mass is 9.99. The van der Waals surface area contributed by atoms with Crippen molar-refractivity contribution >= 4 is 0 Å². The van der Waals surface area contributed by atoms with E-state index in [-0.39, 0.29) is 5.60 Å². The van der Waals surface area contributed by atoms with E-state index in [4.69, 9.17) is 9.72 Å². The molecule has 2 heterocycles. The Balaban J connectivity index is 1.94. The average Bonchev–Trinajstić information content (AvgIpc) is 2.88. The zero-order valence-corrected chi connectivity index (χ0v) is 11.0. The molecule has 0 spiro atoms. The van der Waals surface area contributed by atoms with E-state index in [0.29, 0.717) is 0 Å². The third-order valence-electron chi connectivity index (χ3n) is 4.05. The van der Waals surface area contributed by atoms with Crippen LogP contribution in [0.25, 0.3) is 0 Å². The summed E-state index contributed by atoms with van der Waals surface area (Å²) in [6.07, 6.45) is 7.58. The molecule has 1 aromatic heterocycles. The molecule has 98 valence electrons. The molecule has 1 aliphatic carbocycles. The van der Waals surface area contributed by atoms with Crippen LogP contribution in [0.5, 0.6) is 0 Å². The van der Waals surface area contributed by atoms with E-state index in [1.54, 1.807) is 0 Å². The molecule has 18 heavy (non-hydrogen) atoms. The summed E-state index contributed by atoms with van der Waals surface area (Å²) < 4.78 is 6.03. The molecule has 4 nitrogen and oxygen atoms in total. The van der Waals surface area contributed by atoms with Gasteiger partial charge in [0.1, 0.15) is 5.60 Å². The van der Waals surface area contributed by atoms with Crippen LogP contribution in [-0.4, -0.2) is 23.1 Å². The van der Waals surface area contributed by atoms with Gasteiger partial charge in [-0.05, 0) is 32.6 Å². The summed E-state index contributed by atoms with van der Waals surface area (Å²) in [5, 5.41) is 3.35. The van der Waals surface area contributed by atoms with Crippen molar-refractivity contribution < 1.29 is 4.74 Å². The Kier molecular flexibility index (Phi) is 3.31. The zero-order chi connectivity index (χ0) is 12.4. The second kappa shape index (κ2) is 4.94. The van der Waals surface area contributed by atoms with Crippen LogP contribution in [0.2, 0.25) is 0 Å². The topological polar surface area (TPSA) is 47.0 Å². The minimum absolute atomic E-state index is 0.200. The summed E-state index contributed by atoms with van der Waals surface area (Å²) >= 11 is 0. The Hall–Kier alpha value is -1.00. The predicted molar refractivity (Wildman–Crippen MR) is 69.2 cm³/mol. The molecule has 0 bridgehead atoms. The highest BCUT2D eigenvalue weighted by Gasteiger charge is 2.39. The molecule has 0 saturated heterocycles. The second-order valence-electron chi connectivity index (χ2n) is 5.23. The molecule has 2 aliphatic rings. The second-order valence-corrected chi connectivity index (χ2v) is 5.23. The van der Waals surface area contributed by atoms with Gasteiger partial charge >= 0.3 is 0 Å². The summed E-state index contributed by atoms with van der Waals surface area (Å²) in [6.45, 7) is 4.72. The molecular formula is C14H21N3O. The highest BCUT2D eigenvalue weighted by molar-refractivity contribution is 5.22. The third-order valence-corrected chi connectivity index (χ3v) is 4.05. The lowest BCUT2D eigenvalue weighted by Gasteiger charge is -2.28. The molecule has 1 saturated carbocycles. The SMILES string of the molecule is CCOC1(c2ncc3c(n2)CCNC3)CCCC1. The Morgan fingerprint density at radius 1 is 1.39 bits per heavy atom. The van der Waals surface area contributed by atoms with Crippen molar-refractivity contribution in [2.45, 2.75) is 51.2 Å². The van der Waals surface area contributed by atoms with Crippen molar-refractivity contribution in [3.63, 3.8) is 0 Å². The molecule has 1 fully saturated rings. The van der Waals surface area contributed by atoms with Crippen LogP contribution in [0.15, 0.2) is 6.20 Å². The number of hydrogen-bond donors (Lipinski definition) is 1. The van der Waals surface area contributed by atoms with Crippen LogP contribution < -0.4 is 5.32 Å². The quantitative estimate of drug-likeness (QED) is 0.886. The van der Waals surface area contributed by atoms with E-state index in [1.807, 2.05) is 6.20 Å². The Morgan fingerprint density at radius 2 is 2.22 bits per heavy atom. The monoisotopic (exact) mass is 247 g/mol. The van der Waals surface area contributed by atoms with Gasteiger partial charge in [-0.2, -0.15) is 0 Å². The van der Waals surface area contributed by atoms with Gasteiger partial charge in [-0.25, -0.2) is 9.97 Å². The van der Waals surface area contributed by atoms with Crippen molar-refractivity contribution in [3.05, 3.63) is 23.3 Å². The van der Waals surface area contributed by atoms with Crippen molar-refractivity contribution in [2.24, 2.45) is 0 Å². The lowest BCUT2D eigenvalue weighted by Crippen LogP contribution is -2.31. The number of fused-ring (bicyclic) bond motifs is 1. The van der Waals surface area contributed by atoms with Crippen LogP contribution >= 0.6 is 0 Å². The number of aromatic nitrogens is 2. The standard InChI is InChI=1S/C14H21N3O/c1-2-18-14(6-3-4-7-14)13-16-10-11-9-15-8-5-12(11)17-13/h10,15H,2-9H2,1H3. The maximum atomic E-state index is 6.03. The average molecular weight is 247 g/mol. The van der Waals surface area contributed by atoms with Gasteiger partial charge in [-0.1, -0.05) is 0 Å². The van der Waals surface area contributed by atoms with Crippen molar-refractivity contribution in [1.29, 1.82) is 0 Å². The first-order valence-corrected chi connectivity index (χ1v) is 7.04. The first-order chi connectivity index (χ1) is 8.84. The smallest absolute Gasteiger partial charge is 0.160 e. The van der Waals surface area contributed by atoms with Crippen molar-refractivity contribution in [3.8, 4) is 0 Å². The number of nitrogens with one attached hydrogen (secondary N) is 1. The fourth-order valence-corrected chi connectivity index (χ4v) is 3.11. The molecule has 1 aromatic rings. The first-order valence-electron chi connectivity index (χ1n) is 7.04. The van der Waals surface area contributed by atoms with Gasteiger partial charge in [0.05, 0.1) is 0 Å². The highest BCUT2D eigenvalue weighted by Crippen LogP contribution is 2.40. The maximum Gasteiger partial charge on any atom is 0.160 e. The van der Waals surface area contributed by atoms with Gasteiger partial charge in [0.15, 0.2) is 5.82 Å². The molecule has 0 aromatic carbocycles. The van der Waals surface area contributed by atoms with Crippen LogP contribution in [-0.2, 0) is 23.3 Å². The molecule has 3 rings (SSSR count). The van der Waals surface area contributed by atoms with Crippen molar-refractivity contribution in [1.82, 2.24) is 15.3 Å².